The number of anilines is 1. The summed E-state index contributed by atoms with van der Waals surface area (Å²) in [6, 6.07) is 10.9. The molecular weight excluding hydrogens is 301 g/mol. The van der Waals surface area contributed by atoms with E-state index in [4.69, 9.17) is 11.6 Å². The molecule has 108 valence electrons. The number of hydrogen-bond acceptors (Lipinski definition) is 1. The number of hydrogen-bond donors (Lipinski definition) is 1. The van der Waals surface area contributed by atoms with Gasteiger partial charge in [0.05, 0.1) is 16.3 Å². The van der Waals surface area contributed by atoms with E-state index in [0.29, 0.717) is 5.69 Å². The Balaban J connectivity index is 1.91. The molecule has 3 aromatic rings. The third kappa shape index (κ3) is 2.83. The van der Waals surface area contributed by atoms with Gasteiger partial charge in [-0.05, 0) is 18.2 Å². The van der Waals surface area contributed by atoms with E-state index in [-0.39, 0.29) is 5.02 Å². The summed E-state index contributed by atoms with van der Waals surface area (Å²) in [5, 5.41) is 2.06. The highest BCUT2D eigenvalue weighted by Gasteiger charge is 2.30. The first-order valence-corrected chi connectivity index (χ1v) is 6.52. The SMILES string of the molecule is FC(F)(F)c1ccc(Nn2cc3ccccc3c2)c(Cl)c1. The molecule has 0 spiro atoms. The minimum Gasteiger partial charge on any atom is -0.293 e. The molecule has 1 N–H and O–H groups in total. The number of nitrogens with one attached hydrogen (secondary N) is 1. The van der Waals surface area contributed by atoms with E-state index >= 15 is 0 Å². The number of alkyl halides is 3. The molecular formula is C15H10ClF3N2. The van der Waals surface area contributed by atoms with Crippen molar-refractivity contribution in [3.8, 4) is 0 Å². The molecule has 0 saturated heterocycles. The van der Waals surface area contributed by atoms with Gasteiger partial charge >= 0.3 is 6.18 Å². The predicted molar refractivity (Wildman–Crippen MR) is 77.4 cm³/mol. The number of benzene rings is 2. The van der Waals surface area contributed by atoms with Gasteiger partial charge in [0.1, 0.15) is 0 Å². The van der Waals surface area contributed by atoms with Crippen LogP contribution in [0.3, 0.4) is 0 Å². The molecule has 0 aliphatic rings. The fraction of sp³-hybridized carbons (Fsp3) is 0.0667. The lowest BCUT2D eigenvalue weighted by atomic mass is 10.2. The second kappa shape index (κ2) is 5.00. The molecule has 0 unspecified atom stereocenters. The van der Waals surface area contributed by atoms with Crippen LogP contribution in [0.25, 0.3) is 10.8 Å². The van der Waals surface area contributed by atoms with Gasteiger partial charge in [-0.15, -0.1) is 0 Å². The van der Waals surface area contributed by atoms with Crippen molar-refractivity contribution in [1.82, 2.24) is 4.68 Å². The normalized spacial score (nSPS) is 11.8. The second-order valence-electron chi connectivity index (χ2n) is 4.60. The van der Waals surface area contributed by atoms with Crippen LogP contribution in [-0.4, -0.2) is 4.68 Å². The van der Waals surface area contributed by atoms with Crippen molar-refractivity contribution in [3.63, 3.8) is 0 Å². The van der Waals surface area contributed by atoms with Crippen molar-refractivity contribution in [3.05, 3.63) is 65.4 Å². The first kappa shape index (κ1) is 13.8. The van der Waals surface area contributed by atoms with Gasteiger partial charge in [0.2, 0.25) is 0 Å². The number of aromatic nitrogens is 1. The van der Waals surface area contributed by atoms with Crippen LogP contribution in [0.15, 0.2) is 54.9 Å². The minimum atomic E-state index is -4.40. The molecule has 2 aromatic carbocycles. The number of fused-ring (bicyclic) bond motifs is 1. The maximum absolute atomic E-state index is 12.6. The average molecular weight is 311 g/mol. The molecule has 6 heteroatoms. The van der Waals surface area contributed by atoms with Crippen molar-refractivity contribution in [2.24, 2.45) is 0 Å². The Kier molecular flexibility index (Phi) is 3.29. The van der Waals surface area contributed by atoms with Gasteiger partial charge in [-0.25, -0.2) is 0 Å². The van der Waals surface area contributed by atoms with Crippen LogP contribution < -0.4 is 5.43 Å². The van der Waals surface area contributed by atoms with Gasteiger partial charge in [-0.2, -0.15) is 13.2 Å². The van der Waals surface area contributed by atoms with E-state index in [1.807, 2.05) is 36.7 Å². The Morgan fingerprint density at radius 1 is 0.952 bits per heavy atom. The van der Waals surface area contributed by atoms with Crippen LogP contribution in [0.5, 0.6) is 0 Å². The van der Waals surface area contributed by atoms with E-state index in [1.54, 1.807) is 4.68 Å². The lowest BCUT2D eigenvalue weighted by Gasteiger charge is -2.12. The minimum absolute atomic E-state index is 0.0163. The summed E-state index contributed by atoms with van der Waals surface area (Å²) in [5.74, 6) is 0. The summed E-state index contributed by atoms with van der Waals surface area (Å²) in [7, 11) is 0. The summed E-state index contributed by atoms with van der Waals surface area (Å²) < 4.78 is 39.4. The van der Waals surface area contributed by atoms with Crippen LogP contribution in [-0.2, 0) is 6.18 Å². The maximum Gasteiger partial charge on any atom is 0.416 e. The van der Waals surface area contributed by atoms with E-state index in [2.05, 4.69) is 5.43 Å². The molecule has 21 heavy (non-hydrogen) atoms. The monoisotopic (exact) mass is 310 g/mol. The highest BCUT2D eigenvalue weighted by Crippen LogP contribution is 2.33. The Morgan fingerprint density at radius 3 is 2.10 bits per heavy atom. The zero-order valence-electron chi connectivity index (χ0n) is 10.7. The van der Waals surface area contributed by atoms with Crippen molar-refractivity contribution in [1.29, 1.82) is 0 Å². The van der Waals surface area contributed by atoms with Crippen molar-refractivity contribution in [2.45, 2.75) is 6.18 Å². The molecule has 0 amide bonds. The zero-order chi connectivity index (χ0) is 15.0. The topological polar surface area (TPSA) is 17.0 Å². The highest BCUT2D eigenvalue weighted by atomic mass is 35.5. The van der Waals surface area contributed by atoms with Gasteiger partial charge in [0.25, 0.3) is 0 Å². The van der Waals surface area contributed by atoms with Gasteiger partial charge in [0.15, 0.2) is 0 Å². The van der Waals surface area contributed by atoms with Gasteiger partial charge in [-0.1, -0.05) is 35.9 Å². The van der Waals surface area contributed by atoms with E-state index < -0.39 is 11.7 Å². The molecule has 0 fully saturated rings. The number of nitrogens with zero attached hydrogens (tertiary/aromatic N) is 1. The smallest absolute Gasteiger partial charge is 0.293 e. The maximum atomic E-state index is 12.6. The van der Waals surface area contributed by atoms with E-state index in [1.165, 1.54) is 6.07 Å². The van der Waals surface area contributed by atoms with E-state index in [0.717, 1.165) is 22.9 Å². The number of halogens is 4. The fourth-order valence-electron chi connectivity index (χ4n) is 2.07. The third-order valence-electron chi connectivity index (χ3n) is 3.10. The zero-order valence-corrected chi connectivity index (χ0v) is 11.4. The Labute approximate surface area is 123 Å². The molecule has 0 bridgehead atoms. The van der Waals surface area contributed by atoms with Crippen LogP contribution >= 0.6 is 11.6 Å². The van der Waals surface area contributed by atoms with Crippen LogP contribution in [0.4, 0.5) is 18.9 Å². The summed E-state index contributed by atoms with van der Waals surface area (Å²) in [6.07, 6.45) is -0.725. The predicted octanol–water partition coefficient (Wildman–Crippen LogP) is 5.19. The van der Waals surface area contributed by atoms with Crippen molar-refractivity contribution in [2.75, 3.05) is 5.43 Å². The average Bonchev–Trinajstić information content (AvgIpc) is 2.82. The van der Waals surface area contributed by atoms with Crippen LogP contribution in [0.2, 0.25) is 5.02 Å². The summed E-state index contributed by atoms with van der Waals surface area (Å²) in [5.41, 5.74) is 2.60. The quantitative estimate of drug-likeness (QED) is 0.689. The van der Waals surface area contributed by atoms with Crippen LogP contribution in [0.1, 0.15) is 5.56 Å². The van der Waals surface area contributed by atoms with Gasteiger partial charge < -0.3 is 0 Å². The van der Waals surface area contributed by atoms with Crippen molar-refractivity contribution >= 4 is 28.1 Å². The molecule has 0 saturated carbocycles. The number of rotatable bonds is 2. The fourth-order valence-corrected chi connectivity index (χ4v) is 2.29. The summed E-state index contributed by atoms with van der Waals surface area (Å²) in [6.45, 7) is 0. The van der Waals surface area contributed by atoms with Crippen molar-refractivity contribution < 1.29 is 13.2 Å². The first-order valence-electron chi connectivity index (χ1n) is 6.14. The first-order chi connectivity index (χ1) is 9.93. The Hall–Kier alpha value is -2.14. The Morgan fingerprint density at radius 2 is 1.57 bits per heavy atom. The summed E-state index contributed by atoms with van der Waals surface area (Å²) in [4.78, 5) is 0. The molecule has 0 radical (unpaired) electrons. The Bertz CT molecular complexity index is 760. The highest BCUT2D eigenvalue weighted by molar-refractivity contribution is 6.33. The van der Waals surface area contributed by atoms with Gasteiger partial charge in [0, 0.05) is 23.2 Å². The standard InChI is InChI=1S/C15H10ClF3N2/c16-13-7-12(15(17,18)19)5-6-14(13)20-21-8-10-3-1-2-4-11(10)9-21/h1-9,20H. The van der Waals surface area contributed by atoms with E-state index in [9.17, 15) is 13.2 Å². The lowest BCUT2D eigenvalue weighted by Crippen LogP contribution is -2.08. The third-order valence-corrected chi connectivity index (χ3v) is 3.41. The lowest BCUT2D eigenvalue weighted by molar-refractivity contribution is -0.137. The molecule has 0 aliphatic heterocycles. The molecule has 3 rings (SSSR count). The summed E-state index contributed by atoms with van der Waals surface area (Å²) >= 11 is 5.91. The van der Waals surface area contributed by atoms with Crippen LogP contribution in [0, 0.1) is 0 Å². The molecule has 2 nitrogen and oxygen atoms in total. The largest absolute Gasteiger partial charge is 0.416 e. The molecule has 1 aromatic heterocycles. The molecule has 0 atom stereocenters. The molecule has 0 aliphatic carbocycles. The molecule has 1 heterocycles. The second-order valence-corrected chi connectivity index (χ2v) is 5.01. The van der Waals surface area contributed by atoms with Gasteiger partial charge in [-0.3, -0.25) is 10.1 Å².